The van der Waals surface area contributed by atoms with Crippen LogP contribution in [-0.4, -0.2) is 31.6 Å². The number of carbonyl (C=O) groups excluding carboxylic acids is 2. The first-order valence-electron chi connectivity index (χ1n) is 8.83. The van der Waals surface area contributed by atoms with E-state index in [1.807, 2.05) is 44.2 Å². The molecule has 0 radical (unpaired) electrons. The predicted octanol–water partition coefficient (Wildman–Crippen LogP) is 3.95. The van der Waals surface area contributed by atoms with E-state index in [1.165, 1.54) is 0 Å². The van der Waals surface area contributed by atoms with Crippen molar-refractivity contribution >= 4 is 23.3 Å². The van der Waals surface area contributed by atoms with Crippen molar-refractivity contribution in [3.05, 3.63) is 59.2 Å². The molecule has 0 fully saturated rings. The van der Waals surface area contributed by atoms with E-state index < -0.39 is 5.97 Å². The average Bonchev–Trinajstić information content (AvgIpc) is 2.64. The van der Waals surface area contributed by atoms with Crippen LogP contribution in [0.15, 0.2) is 42.5 Å². The fourth-order valence-corrected chi connectivity index (χ4v) is 2.63. The zero-order valence-corrected chi connectivity index (χ0v) is 15.8. The Labute approximate surface area is 155 Å². The second kappa shape index (κ2) is 9.04. The van der Waals surface area contributed by atoms with Gasteiger partial charge in [-0.3, -0.25) is 4.79 Å². The van der Waals surface area contributed by atoms with Gasteiger partial charge in [-0.25, -0.2) is 4.79 Å². The quantitative estimate of drug-likeness (QED) is 0.765. The van der Waals surface area contributed by atoms with Crippen molar-refractivity contribution in [2.24, 2.45) is 0 Å². The summed E-state index contributed by atoms with van der Waals surface area (Å²) in [5.41, 5.74) is 4.42. The third kappa shape index (κ3) is 5.09. The minimum atomic E-state index is -0.508. The molecule has 0 aliphatic carbocycles. The highest BCUT2D eigenvalue weighted by Gasteiger charge is 2.11. The van der Waals surface area contributed by atoms with Crippen molar-refractivity contribution < 1.29 is 14.3 Å². The van der Waals surface area contributed by atoms with Crippen LogP contribution in [0, 0.1) is 13.8 Å². The average molecular weight is 354 g/mol. The van der Waals surface area contributed by atoms with Crippen LogP contribution < -0.4 is 10.2 Å². The molecule has 2 aromatic carbocycles. The van der Waals surface area contributed by atoms with Crippen molar-refractivity contribution in [2.45, 2.75) is 27.7 Å². The van der Waals surface area contributed by atoms with E-state index in [4.69, 9.17) is 4.74 Å². The van der Waals surface area contributed by atoms with Crippen LogP contribution in [0.25, 0.3) is 0 Å². The molecule has 2 aromatic rings. The monoisotopic (exact) mass is 354 g/mol. The Bertz CT molecular complexity index is 765. The fraction of sp³-hybridized carbons (Fsp3) is 0.333. The first-order chi connectivity index (χ1) is 12.4. The highest BCUT2D eigenvalue weighted by Crippen LogP contribution is 2.16. The van der Waals surface area contributed by atoms with Gasteiger partial charge in [-0.15, -0.1) is 0 Å². The Kier molecular flexibility index (Phi) is 6.78. The summed E-state index contributed by atoms with van der Waals surface area (Å²) < 4.78 is 5.10. The fourth-order valence-electron chi connectivity index (χ4n) is 2.63. The maximum Gasteiger partial charge on any atom is 0.338 e. The molecule has 0 aliphatic rings. The standard InChI is InChI=1S/C21H26N2O3/c1-5-23(6-2)19-11-8-17(9-12-19)21(25)26-14-20(24)22-18-10-7-15(3)16(4)13-18/h7-13H,5-6,14H2,1-4H3,(H,22,24). The summed E-state index contributed by atoms with van der Waals surface area (Å²) in [5, 5.41) is 2.73. The van der Waals surface area contributed by atoms with Gasteiger partial charge in [0.2, 0.25) is 0 Å². The zero-order valence-electron chi connectivity index (χ0n) is 15.8. The van der Waals surface area contributed by atoms with Gasteiger partial charge in [0.05, 0.1) is 5.56 Å². The highest BCUT2D eigenvalue weighted by molar-refractivity contribution is 5.95. The van der Waals surface area contributed by atoms with E-state index >= 15 is 0 Å². The van der Waals surface area contributed by atoms with E-state index in [2.05, 4.69) is 24.1 Å². The van der Waals surface area contributed by atoms with E-state index in [0.717, 1.165) is 29.9 Å². The van der Waals surface area contributed by atoms with Crippen LogP contribution in [-0.2, 0) is 9.53 Å². The van der Waals surface area contributed by atoms with Gasteiger partial charge in [0, 0.05) is 24.5 Å². The van der Waals surface area contributed by atoms with Crippen LogP contribution in [0.5, 0.6) is 0 Å². The van der Waals surface area contributed by atoms with Crippen molar-refractivity contribution in [1.29, 1.82) is 0 Å². The number of esters is 1. The third-order valence-corrected chi connectivity index (χ3v) is 4.36. The SMILES string of the molecule is CCN(CC)c1ccc(C(=O)OCC(=O)Nc2ccc(C)c(C)c2)cc1. The van der Waals surface area contributed by atoms with Gasteiger partial charge in [0.1, 0.15) is 0 Å². The molecule has 1 N–H and O–H groups in total. The number of nitrogens with zero attached hydrogens (tertiary/aromatic N) is 1. The van der Waals surface area contributed by atoms with E-state index in [1.54, 1.807) is 12.1 Å². The molecular weight excluding hydrogens is 328 g/mol. The van der Waals surface area contributed by atoms with Crippen molar-refractivity contribution in [2.75, 3.05) is 29.9 Å². The summed E-state index contributed by atoms with van der Waals surface area (Å²) >= 11 is 0. The minimum Gasteiger partial charge on any atom is -0.452 e. The molecule has 0 unspecified atom stereocenters. The van der Waals surface area contributed by atoms with Gasteiger partial charge in [0.15, 0.2) is 6.61 Å². The molecule has 5 nitrogen and oxygen atoms in total. The van der Waals surface area contributed by atoms with Gasteiger partial charge in [-0.1, -0.05) is 6.07 Å². The van der Waals surface area contributed by atoms with Crippen LogP contribution in [0.1, 0.15) is 35.3 Å². The molecule has 0 heterocycles. The van der Waals surface area contributed by atoms with Gasteiger partial charge in [0.25, 0.3) is 5.91 Å². The Morgan fingerprint density at radius 3 is 2.19 bits per heavy atom. The van der Waals surface area contributed by atoms with Crippen molar-refractivity contribution in [1.82, 2.24) is 0 Å². The maximum atomic E-state index is 12.1. The largest absolute Gasteiger partial charge is 0.452 e. The molecule has 0 aromatic heterocycles. The number of nitrogens with one attached hydrogen (secondary N) is 1. The molecular formula is C21H26N2O3. The summed E-state index contributed by atoms with van der Waals surface area (Å²) in [4.78, 5) is 26.3. The molecule has 0 saturated heterocycles. The molecule has 0 spiro atoms. The second-order valence-electron chi connectivity index (χ2n) is 6.14. The predicted molar refractivity (Wildman–Crippen MR) is 105 cm³/mol. The molecule has 0 saturated carbocycles. The van der Waals surface area contributed by atoms with Crippen LogP contribution in [0.2, 0.25) is 0 Å². The molecule has 26 heavy (non-hydrogen) atoms. The molecule has 1 amide bonds. The minimum absolute atomic E-state index is 0.316. The summed E-state index contributed by atoms with van der Waals surface area (Å²) in [5.74, 6) is -0.868. The van der Waals surface area contributed by atoms with Crippen LogP contribution >= 0.6 is 0 Å². The Balaban J connectivity index is 1.89. The summed E-state index contributed by atoms with van der Waals surface area (Å²) in [6.45, 7) is 9.64. The topological polar surface area (TPSA) is 58.6 Å². The van der Waals surface area contributed by atoms with E-state index in [0.29, 0.717) is 11.3 Å². The van der Waals surface area contributed by atoms with Crippen LogP contribution in [0.3, 0.4) is 0 Å². The zero-order chi connectivity index (χ0) is 19.1. The Hall–Kier alpha value is -2.82. The lowest BCUT2D eigenvalue weighted by atomic mass is 10.1. The molecule has 0 atom stereocenters. The Morgan fingerprint density at radius 1 is 0.962 bits per heavy atom. The number of hydrogen-bond donors (Lipinski definition) is 1. The summed E-state index contributed by atoms with van der Waals surface area (Å²) in [6, 6.07) is 12.9. The highest BCUT2D eigenvalue weighted by atomic mass is 16.5. The number of amides is 1. The number of anilines is 2. The Morgan fingerprint density at radius 2 is 1.62 bits per heavy atom. The third-order valence-electron chi connectivity index (χ3n) is 4.36. The van der Waals surface area contributed by atoms with Gasteiger partial charge in [-0.05, 0) is 75.2 Å². The normalized spacial score (nSPS) is 10.3. The number of rotatable bonds is 7. The van der Waals surface area contributed by atoms with Gasteiger partial charge in [-0.2, -0.15) is 0 Å². The summed E-state index contributed by atoms with van der Waals surface area (Å²) in [7, 11) is 0. The lowest BCUT2D eigenvalue weighted by Crippen LogP contribution is -2.22. The first-order valence-corrected chi connectivity index (χ1v) is 8.83. The van der Waals surface area contributed by atoms with Crippen LogP contribution in [0.4, 0.5) is 11.4 Å². The van der Waals surface area contributed by atoms with Gasteiger partial charge < -0.3 is 15.0 Å². The molecule has 0 bridgehead atoms. The van der Waals surface area contributed by atoms with Crippen molar-refractivity contribution in [3.63, 3.8) is 0 Å². The lowest BCUT2D eigenvalue weighted by molar-refractivity contribution is -0.119. The second-order valence-corrected chi connectivity index (χ2v) is 6.14. The molecule has 5 heteroatoms. The number of carbonyl (C=O) groups is 2. The first kappa shape index (κ1) is 19.5. The van der Waals surface area contributed by atoms with E-state index in [-0.39, 0.29) is 12.5 Å². The molecule has 0 aliphatic heterocycles. The number of hydrogen-bond acceptors (Lipinski definition) is 4. The van der Waals surface area contributed by atoms with E-state index in [9.17, 15) is 9.59 Å². The summed E-state index contributed by atoms with van der Waals surface area (Å²) in [6.07, 6.45) is 0. The molecule has 2 rings (SSSR count). The maximum absolute atomic E-state index is 12.1. The lowest BCUT2D eigenvalue weighted by Gasteiger charge is -2.20. The number of aryl methyl sites for hydroxylation is 2. The number of benzene rings is 2. The smallest absolute Gasteiger partial charge is 0.338 e. The number of ether oxygens (including phenoxy) is 1. The van der Waals surface area contributed by atoms with Gasteiger partial charge >= 0.3 is 5.97 Å². The van der Waals surface area contributed by atoms with Crippen molar-refractivity contribution in [3.8, 4) is 0 Å². The molecule has 138 valence electrons.